The molecule has 1 fully saturated rings. The van der Waals surface area contributed by atoms with E-state index in [9.17, 15) is 0 Å². The summed E-state index contributed by atoms with van der Waals surface area (Å²) in [4.78, 5) is 4.34. The zero-order valence-corrected chi connectivity index (χ0v) is 11.4. The fourth-order valence-electron chi connectivity index (χ4n) is 2.31. The molecule has 1 aliphatic rings. The van der Waals surface area contributed by atoms with Gasteiger partial charge in [-0.1, -0.05) is 13.8 Å². The van der Waals surface area contributed by atoms with Crippen LogP contribution in [0.25, 0.3) is 0 Å². The Balaban J connectivity index is 1.76. The van der Waals surface area contributed by atoms with Crippen molar-refractivity contribution >= 4 is 0 Å². The molecule has 0 radical (unpaired) electrons. The average molecular weight is 252 g/mol. The smallest absolute Gasteiger partial charge is 0.394 e. The number of aromatic nitrogens is 1. The lowest BCUT2D eigenvalue weighted by Crippen LogP contribution is -2.23. The Kier molecular flexibility index (Phi) is 5.05. The van der Waals surface area contributed by atoms with Gasteiger partial charge in [0.1, 0.15) is 12.4 Å². The van der Waals surface area contributed by atoms with Crippen LogP contribution >= 0.6 is 0 Å². The first kappa shape index (κ1) is 13.4. The van der Waals surface area contributed by atoms with Gasteiger partial charge in [0.25, 0.3) is 0 Å². The molecule has 0 saturated heterocycles. The Morgan fingerprint density at radius 1 is 1.39 bits per heavy atom. The maximum Gasteiger partial charge on any atom is 0.394 e. The summed E-state index contributed by atoms with van der Waals surface area (Å²) in [5.41, 5.74) is 0.919. The Hall–Kier alpha value is -1.03. The Morgan fingerprint density at radius 3 is 2.89 bits per heavy atom. The molecule has 102 valence electrons. The van der Waals surface area contributed by atoms with Crippen LogP contribution in [-0.4, -0.2) is 17.6 Å². The van der Waals surface area contributed by atoms with Crippen LogP contribution < -0.4 is 10.1 Å². The van der Waals surface area contributed by atoms with Crippen molar-refractivity contribution in [3.05, 3.63) is 12.0 Å². The van der Waals surface area contributed by atoms with Gasteiger partial charge in [0, 0.05) is 6.54 Å². The molecule has 0 amide bonds. The fraction of sp³-hybridized carbons (Fsp3) is 0.786. The lowest BCUT2D eigenvalue weighted by molar-refractivity contribution is 0.0990. The van der Waals surface area contributed by atoms with Crippen LogP contribution in [0.2, 0.25) is 0 Å². The molecule has 4 nitrogen and oxygen atoms in total. The monoisotopic (exact) mass is 252 g/mol. The highest BCUT2D eigenvalue weighted by Crippen LogP contribution is 2.26. The van der Waals surface area contributed by atoms with Crippen LogP contribution in [-0.2, 0) is 6.54 Å². The molecule has 0 aliphatic heterocycles. The molecule has 0 bridgehead atoms. The number of oxazole rings is 1. The van der Waals surface area contributed by atoms with E-state index in [-0.39, 0.29) is 6.10 Å². The predicted octanol–water partition coefficient (Wildman–Crippen LogP) is 3.13. The van der Waals surface area contributed by atoms with Gasteiger partial charge in [-0.25, -0.2) is 0 Å². The van der Waals surface area contributed by atoms with E-state index in [2.05, 4.69) is 24.1 Å². The first-order valence-electron chi connectivity index (χ1n) is 7.09. The summed E-state index contributed by atoms with van der Waals surface area (Å²) in [6.07, 6.45) is 8.26. The minimum atomic E-state index is 0.288. The summed E-state index contributed by atoms with van der Waals surface area (Å²) in [6.45, 7) is 6.21. The number of nitrogens with zero attached hydrogens (tertiary/aromatic N) is 1. The quantitative estimate of drug-likeness (QED) is 0.790. The standard InChI is InChI=1S/C14H24N2O2/c1-3-8-15-9-12-10-17-14(16-12)18-13-6-4-11(2)5-7-13/h10-11,13,15H,3-9H2,1-2H3. The number of rotatable bonds is 6. The van der Waals surface area contributed by atoms with Gasteiger partial charge in [0.15, 0.2) is 0 Å². The van der Waals surface area contributed by atoms with Crippen LogP contribution in [0.1, 0.15) is 51.6 Å². The minimum absolute atomic E-state index is 0.288. The van der Waals surface area contributed by atoms with Crippen molar-refractivity contribution in [1.29, 1.82) is 0 Å². The molecule has 0 aromatic carbocycles. The zero-order valence-electron chi connectivity index (χ0n) is 11.4. The van der Waals surface area contributed by atoms with Crippen LogP contribution in [0.5, 0.6) is 6.08 Å². The summed E-state index contributed by atoms with van der Waals surface area (Å²) >= 11 is 0. The summed E-state index contributed by atoms with van der Waals surface area (Å²) in [6, 6.07) is 0. The van der Waals surface area contributed by atoms with E-state index in [1.807, 2.05) is 0 Å². The van der Waals surface area contributed by atoms with Gasteiger partial charge in [-0.3, -0.25) is 0 Å². The molecule has 0 atom stereocenters. The van der Waals surface area contributed by atoms with Crippen LogP contribution in [0.3, 0.4) is 0 Å². The van der Waals surface area contributed by atoms with Crippen molar-refractivity contribution in [2.45, 2.75) is 58.6 Å². The molecule has 18 heavy (non-hydrogen) atoms. The number of nitrogens with one attached hydrogen (secondary N) is 1. The minimum Gasteiger partial charge on any atom is -0.447 e. The molecular formula is C14H24N2O2. The maximum absolute atomic E-state index is 5.79. The van der Waals surface area contributed by atoms with Gasteiger partial charge in [0.05, 0.1) is 5.69 Å². The summed E-state index contributed by atoms with van der Waals surface area (Å²) in [5.74, 6) is 0.836. The number of hydrogen-bond donors (Lipinski definition) is 1. The SMILES string of the molecule is CCCNCc1coc(OC2CCC(C)CC2)n1. The summed E-state index contributed by atoms with van der Waals surface area (Å²) in [5, 5.41) is 3.30. The number of hydrogen-bond acceptors (Lipinski definition) is 4. The van der Waals surface area contributed by atoms with E-state index in [0.29, 0.717) is 6.08 Å². The first-order valence-corrected chi connectivity index (χ1v) is 7.09. The van der Waals surface area contributed by atoms with Crippen molar-refractivity contribution < 1.29 is 9.15 Å². The van der Waals surface area contributed by atoms with Gasteiger partial charge >= 0.3 is 6.08 Å². The highest BCUT2D eigenvalue weighted by Gasteiger charge is 2.21. The maximum atomic E-state index is 5.79. The number of ether oxygens (including phenoxy) is 1. The van der Waals surface area contributed by atoms with Crippen molar-refractivity contribution in [2.75, 3.05) is 6.54 Å². The first-order chi connectivity index (χ1) is 8.78. The highest BCUT2D eigenvalue weighted by atomic mass is 16.6. The third-order valence-corrected chi connectivity index (χ3v) is 3.49. The van der Waals surface area contributed by atoms with Crippen molar-refractivity contribution in [2.24, 2.45) is 5.92 Å². The van der Waals surface area contributed by atoms with Crippen LogP contribution in [0.4, 0.5) is 0 Å². The molecule has 1 aromatic heterocycles. The average Bonchev–Trinajstić information content (AvgIpc) is 2.80. The van der Waals surface area contributed by atoms with Gasteiger partial charge in [-0.2, -0.15) is 4.98 Å². The lowest BCUT2D eigenvalue weighted by atomic mass is 9.89. The molecule has 0 unspecified atom stereocenters. The van der Waals surface area contributed by atoms with E-state index in [4.69, 9.17) is 9.15 Å². The van der Waals surface area contributed by atoms with Gasteiger partial charge in [-0.15, -0.1) is 0 Å². The second-order valence-corrected chi connectivity index (χ2v) is 5.28. The molecular weight excluding hydrogens is 228 g/mol. The second-order valence-electron chi connectivity index (χ2n) is 5.28. The summed E-state index contributed by atoms with van der Waals surface area (Å²) < 4.78 is 11.1. The molecule has 2 rings (SSSR count). The van der Waals surface area contributed by atoms with Gasteiger partial charge in [0.2, 0.25) is 0 Å². The topological polar surface area (TPSA) is 47.3 Å². The van der Waals surface area contributed by atoms with Gasteiger partial charge in [-0.05, 0) is 44.6 Å². The predicted molar refractivity (Wildman–Crippen MR) is 70.5 cm³/mol. The van der Waals surface area contributed by atoms with Crippen molar-refractivity contribution in [1.82, 2.24) is 10.3 Å². The van der Waals surface area contributed by atoms with Crippen molar-refractivity contribution in [3.8, 4) is 6.08 Å². The molecule has 1 saturated carbocycles. The lowest BCUT2D eigenvalue weighted by Gasteiger charge is -2.25. The van der Waals surface area contributed by atoms with Crippen molar-refractivity contribution in [3.63, 3.8) is 0 Å². The van der Waals surface area contributed by atoms with E-state index < -0.39 is 0 Å². The molecule has 0 spiro atoms. The third kappa shape index (κ3) is 4.02. The van der Waals surface area contributed by atoms with E-state index in [1.54, 1.807) is 6.26 Å². The molecule has 1 heterocycles. The van der Waals surface area contributed by atoms with E-state index in [0.717, 1.165) is 44.0 Å². The molecule has 4 heteroatoms. The summed E-state index contributed by atoms with van der Waals surface area (Å²) in [7, 11) is 0. The zero-order chi connectivity index (χ0) is 12.8. The molecule has 1 aromatic rings. The molecule has 1 aliphatic carbocycles. The largest absolute Gasteiger partial charge is 0.447 e. The highest BCUT2D eigenvalue weighted by molar-refractivity contribution is 5.00. The Morgan fingerprint density at radius 2 is 2.17 bits per heavy atom. The van der Waals surface area contributed by atoms with E-state index in [1.165, 1.54) is 12.8 Å². The Labute approximate surface area is 109 Å². The van der Waals surface area contributed by atoms with Gasteiger partial charge < -0.3 is 14.5 Å². The normalized spacial score (nSPS) is 24.1. The third-order valence-electron chi connectivity index (χ3n) is 3.49. The van der Waals surface area contributed by atoms with E-state index >= 15 is 0 Å². The van der Waals surface area contributed by atoms with Crippen LogP contribution in [0, 0.1) is 5.92 Å². The van der Waals surface area contributed by atoms with Crippen LogP contribution in [0.15, 0.2) is 10.7 Å². The Bertz CT molecular complexity index is 343. The fourth-order valence-corrected chi connectivity index (χ4v) is 2.31. The second kappa shape index (κ2) is 6.78. The molecule has 1 N–H and O–H groups in total.